The second-order valence-corrected chi connectivity index (χ2v) is 10.1. The van der Waals surface area contributed by atoms with E-state index in [2.05, 4.69) is 14.8 Å². The highest BCUT2D eigenvalue weighted by Gasteiger charge is 2.50. The van der Waals surface area contributed by atoms with Crippen LogP contribution in [0.3, 0.4) is 0 Å². The van der Waals surface area contributed by atoms with Gasteiger partial charge < -0.3 is 9.80 Å². The van der Waals surface area contributed by atoms with Crippen LogP contribution in [0.25, 0.3) is 0 Å². The number of pyridine rings is 1. The molecule has 6 nitrogen and oxygen atoms in total. The lowest BCUT2D eigenvalue weighted by molar-refractivity contribution is -0.148. The first kappa shape index (κ1) is 20.0. The summed E-state index contributed by atoms with van der Waals surface area (Å²) >= 11 is 0. The lowest BCUT2D eigenvalue weighted by Crippen LogP contribution is -2.57. The second kappa shape index (κ2) is 7.95. The molecule has 3 heterocycles. The molecule has 0 N–H and O–H groups in total. The molecular weight excluding hydrogens is 376 g/mol. The molecule has 0 radical (unpaired) electrons. The summed E-state index contributed by atoms with van der Waals surface area (Å²) < 4.78 is 0. The van der Waals surface area contributed by atoms with E-state index in [4.69, 9.17) is 0 Å². The van der Waals surface area contributed by atoms with Crippen LogP contribution in [-0.4, -0.2) is 76.8 Å². The van der Waals surface area contributed by atoms with Crippen molar-refractivity contribution in [3.63, 3.8) is 0 Å². The number of amides is 2. The summed E-state index contributed by atoms with van der Waals surface area (Å²) in [6, 6.07) is 2.71. The third-order valence-corrected chi connectivity index (χ3v) is 8.16. The van der Waals surface area contributed by atoms with Crippen LogP contribution in [0.5, 0.6) is 0 Å². The zero-order valence-electron chi connectivity index (χ0n) is 18.2. The highest BCUT2D eigenvalue weighted by Crippen LogP contribution is 2.53. The summed E-state index contributed by atoms with van der Waals surface area (Å²) in [7, 11) is 0. The number of hydrogen-bond donors (Lipinski definition) is 0. The number of rotatable bonds is 3. The predicted molar refractivity (Wildman–Crippen MR) is 115 cm³/mol. The fourth-order valence-electron chi connectivity index (χ4n) is 5.92. The summed E-state index contributed by atoms with van der Waals surface area (Å²) in [5.41, 5.74) is 1.99. The van der Waals surface area contributed by atoms with Crippen LogP contribution in [0, 0.1) is 18.3 Å². The van der Waals surface area contributed by atoms with E-state index in [1.165, 1.54) is 19.3 Å². The molecule has 5 rings (SSSR count). The summed E-state index contributed by atoms with van der Waals surface area (Å²) in [5, 5.41) is 0. The van der Waals surface area contributed by atoms with Gasteiger partial charge in [-0.3, -0.25) is 19.5 Å². The van der Waals surface area contributed by atoms with Gasteiger partial charge in [-0.2, -0.15) is 0 Å². The molecule has 30 heavy (non-hydrogen) atoms. The van der Waals surface area contributed by atoms with E-state index in [1.807, 2.05) is 17.9 Å². The summed E-state index contributed by atoms with van der Waals surface area (Å²) in [6.07, 6.45) is 11.6. The number of aromatic nitrogens is 1. The zero-order valence-corrected chi connectivity index (χ0v) is 18.2. The van der Waals surface area contributed by atoms with Crippen molar-refractivity contribution in [2.75, 3.05) is 39.3 Å². The van der Waals surface area contributed by atoms with E-state index < -0.39 is 0 Å². The molecule has 2 aliphatic heterocycles. The molecule has 2 amide bonds. The summed E-state index contributed by atoms with van der Waals surface area (Å²) in [4.78, 5) is 36.6. The summed E-state index contributed by atoms with van der Waals surface area (Å²) in [5.74, 6) is 0.694. The molecule has 4 fully saturated rings. The van der Waals surface area contributed by atoms with E-state index in [9.17, 15) is 9.59 Å². The fourth-order valence-corrected chi connectivity index (χ4v) is 5.92. The molecule has 1 aromatic heterocycles. The molecule has 0 unspecified atom stereocenters. The highest BCUT2D eigenvalue weighted by atomic mass is 16.2. The maximum Gasteiger partial charge on any atom is 0.255 e. The van der Waals surface area contributed by atoms with Crippen LogP contribution in [0.15, 0.2) is 18.5 Å². The minimum absolute atomic E-state index is 0.0948. The summed E-state index contributed by atoms with van der Waals surface area (Å²) in [6.45, 7) is 7.49. The number of hydrogen-bond acceptors (Lipinski definition) is 4. The maximum atomic E-state index is 13.0. The zero-order chi connectivity index (χ0) is 20.7. The minimum atomic E-state index is 0.0948. The van der Waals surface area contributed by atoms with Gasteiger partial charge in [0.2, 0.25) is 5.91 Å². The van der Waals surface area contributed by atoms with Crippen molar-refractivity contribution in [2.45, 2.75) is 57.9 Å². The molecular formula is C24H34N4O2. The normalized spacial score (nSPS) is 25.1. The van der Waals surface area contributed by atoms with Crippen LogP contribution >= 0.6 is 0 Å². The SMILES string of the molecule is Cc1cncc(C(=O)N2CCC3(CC2)CC(C(=O)N2CCN(C4CCC4)CC2)C3)c1. The molecule has 2 saturated carbocycles. The largest absolute Gasteiger partial charge is 0.340 e. The van der Waals surface area contributed by atoms with Crippen LogP contribution in [-0.2, 0) is 4.79 Å². The Kier molecular flexibility index (Phi) is 5.30. The molecule has 1 aromatic rings. The van der Waals surface area contributed by atoms with E-state index in [0.29, 0.717) is 11.5 Å². The van der Waals surface area contributed by atoms with Crippen molar-refractivity contribution in [3.05, 3.63) is 29.6 Å². The third-order valence-electron chi connectivity index (χ3n) is 8.16. The molecule has 162 valence electrons. The monoisotopic (exact) mass is 410 g/mol. The van der Waals surface area contributed by atoms with Crippen molar-refractivity contribution >= 4 is 11.8 Å². The molecule has 2 saturated heterocycles. The number of likely N-dealkylation sites (tertiary alicyclic amines) is 1. The molecule has 6 heteroatoms. The van der Waals surface area contributed by atoms with Crippen LogP contribution < -0.4 is 0 Å². The first-order chi connectivity index (χ1) is 14.5. The van der Waals surface area contributed by atoms with E-state index in [-0.39, 0.29) is 17.2 Å². The van der Waals surface area contributed by atoms with Gasteiger partial charge in [-0.25, -0.2) is 0 Å². The van der Waals surface area contributed by atoms with Gasteiger partial charge in [0, 0.05) is 63.6 Å². The molecule has 4 aliphatic rings. The van der Waals surface area contributed by atoms with Gasteiger partial charge in [-0.05, 0) is 62.5 Å². The fraction of sp³-hybridized carbons (Fsp3) is 0.708. The van der Waals surface area contributed by atoms with Gasteiger partial charge in [0.15, 0.2) is 0 Å². The van der Waals surface area contributed by atoms with Crippen LogP contribution in [0.1, 0.15) is 60.9 Å². The maximum absolute atomic E-state index is 13.0. The Labute approximate surface area is 179 Å². The highest BCUT2D eigenvalue weighted by molar-refractivity contribution is 5.94. The van der Waals surface area contributed by atoms with E-state index in [0.717, 1.165) is 76.6 Å². The Morgan fingerprint density at radius 3 is 2.27 bits per heavy atom. The van der Waals surface area contributed by atoms with Gasteiger partial charge in [0.05, 0.1) is 5.56 Å². The van der Waals surface area contributed by atoms with Crippen molar-refractivity contribution in [2.24, 2.45) is 11.3 Å². The Morgan fingerprint density at radius 2 is 1.67 bits per heavy atom. The number of carbonyl (C=O) groups excluding carboxylic acids is 2. The van der Waals surface area contributed by atoms with Gasteiger partial charge in [-0.15, -0.1) is 0 Å². The number of piperidine rings is 1. The number of aryl methyl sites for hydroxylation is 1. The van der Waals surface area contributed by atoms with Crippen molar-refractivity contribution in [1.29, 1.82) is 0 Å². The van der Waals surface area contributed by atoms with Gasteiger partial charge >= 0.3 is 0 Å². The third kappa shape index (κ3) is 3.75. The average Bonchev–Trinajstić information content (AvgIpc) is 2.70. The lowest BCUT2D eigenvalue weighted by atomic mass is 9.57. The molecule has 2 aliphatic carbocycles. The second-order valence-electron chi connectivity index (χ2n) is 10.1. The molecule has 1 spiro atoms. The first-order valence-electron chi connectivity index (χ1n) is 11.8. The van der Waals surface area contributed by atoms with E-state index in [1.54, 1.807) is 12.4 Å². The average molecular weight is 411 g/mol. The predicted octanol–water partition coefficient (Wildman–Crippen LogP) is 2.72. The Hall–Kier alpha value is -1.95. The molecule has 0 bridgehead atoms. The van der Waals surface area contributed by atoms with Gasteiger partial charge in [0.1, 0.15) is 0 Å². The minimum Gasteiger partial charge on any atom is -0.340 e. The molecule has 0 atom stereocenters. The van der Waals surface area contributed by atoms with Crippen LogP contribution in [0.4, 0.5) is 0 Å². The van der Waals surface area contributed by atoms with Gasteiger partial charge in [0.25, 0.3) is 5.91 Å². The Bertz CT molecular complexity index is 797. The van der Waals surface area contributed by atoms with Gasteiger partial charge in [-0.1, -0.05) is 6.42 Å². The molecule has 0 aromatic carbocycles. The van der Waals surface area contributed by atoms with Crippen molar-refractivity contribution in [1.82, 2.24) is 19.7 Å². The number of piperazine rings is 1. The quantitative estimate of drug-likeness (QED) is 0.769. The van der Waals surface area contributed by atoms with Crippen molar-refractivity contribution in [3.8, 4) is 0 Å². The smallest absolute Gasteiger partial charge is 0.255 e. The first-order valence-corrected chi connectivity index (χ1v) is 11.8. The lowest BCUT2D eigenvalue weighted by Gasteiger charge is -2.53. The van der Waals surface area contributed by atoms with Crippen molar-refractivity contribution < 1.29 is 9.59 Å². The number of nitrogens with zero attached hydrogens (tertiary/aromatic N) is 4. The number of carbonyl (C=O) groups is 2. The van der Waals surface area contributed by atoms with E-state index >= 15 is 0 Å². The Morgan fingerprint density at radius 1 is 0.967 bits per heavy atom. The standard InChI is InChI=1S/C24H34N4O2/c1-18-13-19(17-25-16-18)22(29)27-7-5-24(6-8-27)14-20(15-24)23(30)28-11-9-26(10-12-28)21-3-2-4-21/h13,16-17,20-21H,2-12,14-15H2,1H3. The Balaban J connectivity index is 1.08. The topological polar surface area (TPSA) is 56.8 Å². The van der Waals surface area contributed by atoms with Crippen LogP contribution in [0.2, 0.25) is 0 Å².